The van der Waals surface area contributed by atoms with E-state index < -0.39 is 17.5 Å². The van der Waals surface area contributed by atoms with Crippen LogP contribution in [0.1, 0.15) is 5.56 Å². The highest BCUT2D eigenvalue weighted by molar-refractivity contribution is 5.72. The molecule has 0 unspecified atom stereocenters. The Morgan fingerprint density at radius 3 is 1.64 bits per heavy atom. The van der Waals surface area contributed by atoms with Gasteiger partial charge in [0.1, 0.15) is 18.1 Å². The smallest absolute Gasteiger partial charge is 0.168 e. The monoisotopic (exact) mass is 450 g/mol. The molecule has 0 saturated carbocycles. The van der Waals surface area contributed by atoms with E-state index in [-0.39, 0.29) is 23.5 Å². The highest BCUT2D eigenvalue weighted by Gasteiger charge is 2.16. The number of methoxy groups -OCH3 is 2. The second-order valence-corrected chi connectivity index (χ2v) is 7.30. The Bertz CT molecular complexity index is 1250. The first kappa shape index (κ1) is 22.3. The van der Waals surface area contributed by atoms with Crippen molar-refractivity contribution in [2.75, 3.05) is 14.2 Å². The third-order valence-electron chi connectivity index (χ3n) is 5.28. The molecular formula is C27H21F3O3. The van der Waals surface area contributed by atoms with Crippen LogP contribution < -0.4 is 14.2 Å². The minimum Gasteiger partial charge on any atom is -0.497 e. The molecule has 0 bridgehead atoms. The summed E-state index contributed by atoms with van der Waals surface area (Å²) in [7, 11) is 3.00. The van der Waals surface area contributed by atoms with Gasteiger partial charge in [0, 0.05) is 17.2 Å². The van der Waals surface area contributed by atoms with Crippen molar-refractivity contribution in [3.63, 3.8) is 0 Å². The van der Waals surface area contributed by atoms with Gasteiger partial charge in [0.2, 0.25) is 0 Å². The van der Waals surface area contributed by atoms with Gasteiger partial charge >= 0.3 is 0 Å². The fourth-order valence-electron chi connectivity index (χ4n) is 3.43. The summed E-state index contributed by atoms with van der Waals surface area (Å²) in [6.45, 7) is 0.122. The maximum absolute atomic E-state index is 14.9. The van der Waals surface area contributed by atoms with Crippen molar-refractivity contribution < 1.29 is 27.4 Å². The molecule has 168 valence electrons. The Morgan fingerprint density at radius 2 is 1.12 bits per heavy atom. The zero-order chi connectivity index (χ0) is 23.4. The lowest BCUT2D eigenvalue weighted by Gasteiger charge is -2.11. The van der Waals surface area contributed by atoms with E-state index in [4.69, 9.17) is 14.2 Å². The summed E-state index contributed by atoms with van der Waals surface area (Å²) in [4.78, 5) is 0. The van der Waals surface area contributed by atoms with Crippen LogP contribution in [0, 0.1) is 17.5 Å². The topological polar surface area (TPSA) is 27.7 Å². The molecule has 0 fully saturated rings. The van der Waals surface area contributed by atoms with Gasteiger partial charge in [0.25, 0.3) is 0 Å². The zero-order valence-corrected chi connectivity index (χ0v) is 18.1. The maximum Gasteiger partial charge on any atom is 0.168 e. The summed E-state index contributed by atoms with van der Waals surface area (Å²) in [6, 6.07) is 21.0. The number of hydrogen-bond donors (Lipinski definition) is 0. The fraction of sp³-hybridized carbons (Fsp3) is 0.111. The largest absolute Gasteiger partial charge is 0.497 e. The van der Waals surface area contributed by atoms with Crippen LogP contribution in [0.15, 0.2) is 78.9 Å². The standard InChI is InChI=1S/C27H21F3O3/c1-31-20-9-7-19(8-10-20)23-13-12-22(26(29)27(23)30)18-5-3-17(4-6-18)16-33-25-14-11-21(32-2)15-24(25)28/h3-15H,16H2,1-2H3. The van der Waals surface area contributed by atoms with Gasteiger partial charge in [-0.1, -0.05) is 48.5 Å². The van der Waals surface area contributed by atoms with E-state index in [2.05, 4.69) is 0 Å². The molecule has 33 heavy (non-hydrogen) atoms. The van der Waals surface area contributed by atoms with Crippen molar-refractivity contribution >= 4 is 0 Å². The summed E-state index contributed by atoms with van der Waals surface area (Å²) >= 11 is 0. The van der Waals surface area contributed by atoms with Crippen molar-refractivity contribution in [3.05, 3.63) is 102 Å². The molecule has 0 amide bonds. The first-order valence-electron chi connectivity index (χ1n) is 10.2. The summed E-state index contributed by atoms with van der Waals surface area (Å²) in [5, 5.41) is 0. The molecule has 4 rings (SSSR count). The summed E-state index contributed by atoms with van der Waals surface area (Å²) in [6.07, 6.45) is 0. The molecule has 0 atom stereocenters. The van der Waals surface area contributed by atoms with Crippen LogP contribution in [-0.4, -0.2) is 14.2 Å². The van der Waals surface area contributed by atoms with Crippen LogP contribution in [0.3, 0.4) is 0 Å². The van der Waals surface area contributed by atoms with Crippen LogP contribution in [0.25, 0.3) is 22.3 Å². The predicted molar refractivity (Wildman–Crippen MR) is 121 cm³/mol. The van der Waals surface area contributed by atoms with E-state index >= 15 is 0 Å². The molecule has 0 aliphatic rings. The van der Waals surface area contributed by atoms with E-state index in [0.717, 1.165) is 5.56 Å². The molecule has 3 nitrogen and oxygen atoms in total. The maximum atomic E-state index is 14.9. The highest BCUT2D eigenvalue weighted by Crippen LogP contribution is 2.32. The summed E-state index contributed by atoms with van der Waals surface area (Å²) < 4.78 is 59.3. The minimum absolute atomic E-state index is 0.0992. The van der Waals surface area contributed by atoms with Crippen LogP contribution in [0.2, 0.25) is 0 Å². The van der Waals surface area contributed by atoms with E-state index in [1.165, 1.54) is 19.2 Å². The third-order valence-corrected chi connectivity index (χ3v) is 5.28. The first-order valence-corrected chi connectivity index (χ1v) is 10.2. The molecule has 0 radical (unpaired) electrons. The molecule has 0 aromatic heterocycles. The molecule has 0 aliphatic carbocycles. The number of benzene rings is 4. The molecule has 0 aliphatic heterocycles. The average molecular weight is 450 g/mol. The number of rotatable bonds is 7. The Kier molecular flexibility index (Phi) is 6.54. The Morgan fingerprint density at radius 1 is 0.606 bits per heavy atom. The number of hydrogen-bond acceptors (Lipinski definition) is 3. The number of ether oxygens (including phenoxy) is 3. The zero-order valence-electron chi connectivity index (χ0n) is 18.1. The molecule has 6 heteroatoms. The van der Waals surface area contributed by atoms with Crippen molar-refractivity contribution in [1.29, 1.82) is 0 Å². The Labute approximate surface area is 190 Å². The average Bonchev–Trinajstić information content (AvgIpc) is 2.85. The lowest BCUT2D eigenvalue weighted by Crippen LogP contribution is -1.98. The summed E-state index contributed by atoms with van der Waals surface area (Å²) in [5.41, 5.74) is 2.15. The molecular weight excluding hydrogens is 429 g/mol. The van der Waals surface area contributed by atoms with Crippen LogP contribution in [0.4, 0.5) is 13.2 Å². The second kappa shape index (κ2) is 9.69. The van der Waals surface area contributed by atoms with E-state index in [9.17, 15) is 13.2 Å². The Balaban J connectivity index is 1.51. The van der Waals surface area contributed by atoms with Gasteiger partial charge in [0.05, 0.1) is 14.2 Å². The molecule has 4 aromatic carbocycles. The van der Waals surface area contributed by atoms with Crippen LogP contribution >= 0.6 is 0 Å². The fourth-order valence-corrected chi connectivity index (χ4v) is 3.43. The SMILES string of the molecule is COc1ccc(-c2ccc(-c3ccc(COc4ccc(OC)cc4F)cc3)c(F)c2F)cc1. The van der Waals surface area contributed by atoms with Gasteiger partial charge in [0.15, 0.2) is 23.2 Å². The van der Waals surface area contributed by atoms with Crippen molar-refractivity contribution in [1.82, 2.24) is 0 Å². The van der Waals surface area contributed by atoms with Crippen LogP contribution in [-0.2, 0) is 6.61 Å². The van der Waals surface area contributed by atoms with Gasteiger partial charge in [-0.2, -0.15) is 0 Å². The minimum atomic E-state index is -0.923. The third kappa shape index (κ3) is 4.80. The normalized spacial score (nSPS) is 10.7. The van der Waals surface area contributed by atoms with Gasteiger partial charge in [-0.05, 0) is 41.0 Å². The lowest BCUT2D eigenvalue weighted by molar-refractivity contribution is 0.289. The Hall–Kier alpha value is -3.93. The molecule has 0 spiro atoms. The van der Waals surface area contributed by atoms with Gasteiger partial charge in [-0.15, -0.1) is 0 Å². The number of halogens is 3. The van der Waals surface area contributed by atoms with E-state index in [0.29, 0.717) is 22.6 Å². The van der Waals surface area contributed by atoms with Crippen molar-refractivity contribution in [2.24, 2.45) is 0 Å². The quantitative estimate of drug-likeness (QED) is 0.302. The van der Waals surface area contributed by atoms with Gasteiger partial charge in [-0.25, -0.2) is 13.2 Å². The van der Waals surface area contributed by atoms with Gasteiger partial charge in [-0.3, -0.25) is 0 Å². The van der Waals surface area contributed by atoms with Crippen LogP contribution in [0.5, 0.6) is 17.2 Å². The van der Waals surface area contributed by atoms with E-state index in [1.54, 1.807) is 73.8 Å². The molecule has 0 saturated heterocycles. The van der Waals surface area contributed by atoms with Crippen molar-refractivity contribution in [3.8, 4) is 39.5 Å². The lowest BCUT2D eigenvalue weighted by atomic mass is 9.98. The highest BCUT2D eigenvalue weighted by atomic mass is 19.2. The second-order valence-electron chi connectivity index (χ2n) is 7.30. The summed E-state index contributed by atoms with van der Waals surface area (Å²) in [5.74, 6) is -1.23. The van der Waals surface area contributed by atoms with E-state index in [1.807, 2.05) is 0 Å². The molecule has 0 heterocycles. The molecule has 4 aromatic rings. The first-order chi connectivity index (χ1) is 16.0. The molecule has 0 N–H and O–H groups in total. The van der Waals surface area contributed by atoms with Crippen molar-refractivity contribution in [2.45, 2.75) is 6.61 Å². The predicted octanol–water partition coefficient (Wildman–Crippen LogP) is 7.03. The van der Waals surface area contributed by atoms with Gasteiger partial charge < -0.3 is 14.2 Å².